The van der Waals surface area contributed by atoms with Crippen LogP contribution >= 0.6 is 0 Å². The van der Waals surface area contributed by atoms with E-state index < -0.39 is 0 Å². The number of imidazole rings is 1. The van der Waals surface area contributed by atoms with Gasteiger partial charge in [0.25, 0.3) is 0 Å². The number of methoxy groups -OCH3 is 1. The first kappa shape index (κ1) is 15.7. The average molecular weight is 267 g/mol. The number of hydrogen-bond acceptors (Lipinski definition) is 4. The predicted molar refractivity (Wildman–Crippen MR) is 74.7 cm³/mol. The van der Waals surface area contributed by atoms with Gasteiger partial charge in [0.15, 0.2) is 0 Å². The summed E-state index contributed by atoms with van der Waals surface area (Å²) < 4.78 is 6.93. The largest absolute Gasteiger partial charge is 0.468 e. The van der Waals surface area contributed by atoms with Crippen LogP contribution in [0.3, 0.4) is 0 Å². The lowest BCUT2D eigenvalue weighted by molar-refractivity contribution is -0.143. The first-order valence-electron chi connectivity index (χ1n) is 6.77. The van der Waals surface area contributed by atoms with E-state index in [0.29, 0.717) is 18.5 Å². The molecule has 1 N–H and O–H groups in total. The molecule has 1 aromatic heterocycles. The van der Waals surface area contributed by atoms with Gasteiger partial charge in [0.2, 0.25) is 0 Å². The molecule has 0 aliphatic carbocycles. The summed E-state index contributed by atoms with van der Waals surface area (Å²) in [6, 6.07) is 0.0986. The summed E-state index contributed by atoms with van der Waals surface area (Å²) in [5.41, 5.74) is 1.08. The third-order valence-corrected chi connectivity index (χ3v) is 3.03. The van der Waals surface area contributed by atoms with Gasteiger partial charge in [-0.3, -0.25) is 10.1 Å². The molecule has 5 heteroatoms. The van der Waals surface area contributed by atoms with Crippen LogP contribution in [0.4, 0.5) is 0 Å². The maximum atomic E-state index is 11.7. The molecule has 1 aromatic rings. The van der Waals surface area contributed by atoms with E-state index in [0.717, 1.165) is 12.1 Å². The van der Waals surface area contributed by atoms with Gasteiger partial charge in [0, 0.05) is 18.8 Å². The molecule has 0 bridgehead atoms. The molecule has 1 atom stereocenters. The van der Waals surface area contributed by atoms with Crippen molar-refractivity contribution in [1.29, 1.82) is 0 Å². The molecule has 0 amide bonds. The Morgan fingerprint density at radius 1 is 1.42 bits per heavy atom. The molecule has 19 heavy (non-hydrogen) atoms. The van der Waals surface area contributed by atoms with Gasteiger partial charge >= 0.3 is 5.97 Å². The molecule has 0 saturated carbocycles. The van der Waals surface area contributed by atoms with Crippen LogP contribution in [-0.4, -0.2) is 28.7 Å². The molecule has 0 saturated heterocycles. The van der Waals surface area contributed by atoms with Crippen molar-refractivity contribution in [2.75, 3.05) is 7.11 Å². The van der Waals surface area contributed by atoms with Crippen molar-refractivity contribution < 1.29 is 9.53 Å². The number of carbonyl (C=O) groups is 1. The highest BCUT2D eigenvalue weighted by Gasteiger charge is 2.20. The predicted octanol–water partition coefficient (Wildman–Crippen LogP) is 2.14. The highest BCUT2D eigenvalue weighted by atomic mass is 16.5. The van der Waals surface area contributed by atoms with Crippen LogP contribution in [0.15, 0.2) is 12.5 Å². The summed E-state index contributed by atoms with van der Waals surface area (Å²) in [4.78, 5) is 15.9. The van der Waals surface area contributed by atoms with Crippen molar-refractivity contribution in [1.82, 2.24) is 14.9 Å². The molecule has 1 rings (SSSR count). The molecule has 1 unspecified atom stereocenters. The van der Waals surface area contributed by atoms with Crippen LogP contribution in [0, 0.1) is 5.92 Å². The Hall–Kier alpha value is -1.36. The van der Waals surface area contributed by atoms with Crippen molar-refractivity contribution in [3.63, 3.8) is 0 Å². The van der Waals surface area contributed by atoms with Crippen LogP contribution in [-0.2, 0) is 16.1 Å². The lowest BCUT2D eigenvalue weighted by Gasteiger charge is -2.19. The topological polar surface area (TPSA) is 56.1 Å². The highest BCUT2D eigenvalue weighted by Crippen LogP contribution is 2.11. The zero-order valence-corrected chi connectivity index (χ0v) is 12.5. The second kappa shape index (κ2) is 7.28. The first-order valence-corrected chi connectivity index (χ1v) is 6.77. The molecular weight excluding hydrogens is 242 g/mol. The van der Waals surface area contributed by atoms with Gasteiger partial charge in [-0.1, -0.05) is 13.8 Å². The standard InChI is InChI=1S/C14H25N3O2/c1-10(2)6-13(14(18)19-5)16-8-12-7-15-9-17(12)11(3)4/h7,9-11,13,16H,6,8H2,1-5H3. The number of ether oxygens (including phenoxy) is 1. The van der Waals surface area contributed by atoms with E-state index in [-0.39, 0.29) is 12.0 Å². The molecule has 0 aliphatic heterocycles. The zero-order chi connectivity index (χ0) is 14.4. The van der Waals surface area contributed by atoms with E-state index in [9.17, 15) is 4.79 Å². The monoisotopic (exact) mass is 267 g/mol. The van der Waals surface area contributed by atoms with E-state index in [1.807, 2.05) is 12.5 Å². The fraction of sp³-hybridized carbons (Fsp3) is 0.714. The minimum atomic E-state index is -0.263. The summed E-state index contributed by atoms with van der Waals surface area (Å²) >= 11 is 0. The Kier molecular flexibility index (Phi) is 6.02. The number of rotatable bonds is 7. The fourth-order valence-electron chi connectivity index (χ4n) is 2.04. The van der Waals surface area contributed by atoms with Crippen LogP contribution in [0.1, 0.15) is 45.9 Å². The van der Waals surface area contributed by atoms with Crippen LogP contribution in [0.2, 0.25) is 0 Å². The summed E-state index contributed by atoms with van der Waals surface area (Å²) in [5.74, 6) is 0.232. The first-order chi connectivity index (χ1) is 8.95. The Morgan fingerprint density at radius 2 is 2.11 bits per heavy atom. The van der Waals surface area contributed by atoms with Gasteiger partial charge < -0.3 is 9.30 Å². The molecule has 0 aliphatic rings. The van der Waals surface area contributed by atoms with Gasteiger partial charge in [-0.15, -0.1) is 0 Å². The van der Waals surface area contributed by atoms with E-state index in [4.69, 9.17) is 4.74 Å². The Morgan fingerprint density at radius 3 is 2.63 bits per heavy atom. The maximum absolute atomic E-state index is 11.7. The molecule has 0 spiro atoms. The number of nitrogens with one attached hydrogen (secondary N) is 1. The zero-order valence-electron chi connectivity index (χ0n) is 12.5. The lowest BCUT2D eigenvalue weighted by atomic mass is 10.0. The van der Waals surface area contributed by atoms with E-state index in [1.54, 1.807) is 0 Å². The SMILES string of the molecule is COC(=O)C(CC(C)C)NCc1cncn1C(C)C. The maximum Gasteiger partial charge on any atom is 0.322 e. The van der Waals surface area contributed by atoms with Crippen LogP contribution in [0.5, 0.6) is 0 Å². The molecule has 0 radical (unpaired) electrons. The highest BCUT2D eigenvalue weighted by molar-refractivity contribution is 5.75. The molecule has 5 nitrogen and oxygen atoms in total. The van der Waals surface area contributed by atoms with Gasteiger partial charge in [0.1, 0.15) is 6.04 Å². The van der Waals surface area contributed by atoms with Gasteiger partial charge in [0.05, 0.1) is 19.1 Å². The minimum absolute atomic E-state index is 0.204. The Labute approximate surface area is 115 Å². The smallest absolute Gasteiger partial charge is 0.322 e. The second-order valence-electron chi connectivity index (χ2n) is 5.47. The van der Waals surface area contributed by atoms with Gasteiger partial charge in [-0.25, -0.2) is 4.98 Å². The van der Waals surface area contributed by atoms with E-state index in [2.05, 4.69) is 42.6 Å². The van der Waals surface area contributed by atoms with Crippen molar-refractivity contribution in [3.8, 4) is 0 Å². The average Bonchev–Trinajstić information content (AvgIpc) is 2.81. The van der Waals surface area contributed by atoms with Crippen molar-refractivity contribution in [2.24, 2.45) is 5.92 Å². The number of esters is 1. The third kappa shape index (κ3) is 4.67. The number of carbonyl (C=O) groups excluding carboxylic acids is 1. The Bertz CT molecular complexity index is 399. The van der Waals surface area contributed by atoms with Crippen molar-refractivity contribution in [2.45, 2.75) is 52.7 Å². The van der Waals surface area contributed by atoms with Gasteiger partial charge in [-0.05, 0) is 26.2 Å². The molecule has 108 valence electrons. The fourth-order valence-corrected chi connectivity index (χ4v) is 2.04. The van der Waals surface area contributed by atoms with E-state index >= 15 is 0 Å². The molecule has 1 heterocycles. The van der Waals surface area contributed by atoms with Crippen molar-refractivity contribution in [3.05, 3.63) is 18.2 Å². The Balaban J connectivity index is 2.65. The number of aromatic nitrogens is 2. The lowest BCUT2D eigenvalue weighted by Crippen LogP contribution is -2.38. The quantitative estimate of drug-likeness (QED) is 0.769. The summed E-state index contributed by atoms with van der Waals surface area (Å²) in [7, 11) is 1.43. The second-order valence-corrected chi connectivity index (χ2v) is 5.47. The molecule has 0 fully saturated rings. The van der Waals surface area contributed by atoms with E-state index in [1.165, 1.54) is 7.11 Å². The minimum Gasteiger partial charge on any atom is -0.468 e. The van der Waals surface area contributed by atoms with Crippen LogP contribution < -0.4 is 5.32 Å². The van der Waals surface area contributed by atoms with Crippen molar-refractivity contribution >= 4 is 5.97 Å². The number of nitrogens with zero attached hydrogens (tertiary/aromatic N) is 2. The third-order valence-electron chi connectivity index (χ3n) is 3.03. The summed E-state index contributed by atoms with van der Waals surface area (Å²) in [6.07, 6.45) is 4.41. The summed E-state index contributed by atoms with van der Waals surface area (Å²) in [5, 5.41) is 3.26. The molecule has 0 aromatic carbocycles. The number of hydrogen-bond donors (Lipinski definition) is 1. The van der Waals surface area contributed by atoms with Crippen LogP contribution in [0.25, 0.3) is 0 Å². The molecular formula is C14H25N3O2. The normalized spacial score (nSPS) is 13.0. The summed E-state index contributed by atoms with van der Waals surface area (Å²) in [6.45, 7) is 9.02. The van der Waals surface area contributed by atoms with Gasteiger partial charge in [-0.2, -0.15) is 0 Å².